The number of piperidine rings is 1. The number of carbonyl (C=O) groups excluding carboxylic acids is 1. The van der Waals surface area contributed by atoms with E-state index in [0.29, 0.717) is 0 Å². The lowest BCUT2D eigenvalue weighted by atomic mass is 9.94. The van der Waals surface area contributed by atoms with E-state index >= 15 is 0 Å². The largest absolute Gasteiger partial charge is 0.496 e. The average Bonchev–Trinajstić information content (AvgIpc) is 3.49. The summed E-state index contributed by atoms with van der Waals surface area (Å²) in [5.41, 5.74) is 1.40. The number of hydrogen-bond donors (Lipinski definition) is 1. The van der Waals surface area contributed by atoms with Crippen LogP contribution in [0.1, 0.15) is 31.2 Å². The van der Waals surface area contributed by atoms with Gasteiger partial charge in [0.05, 0.1) is 20.1 Å². The van der Waals surface area contributed by atoms with Gasteiger partial charge < -0.3 is 19.7 Å². The number of nitrogens with one attached hydrogen (secondary N) is 1. The normalized spacial score (nSPS) is 19.1. The zero-order valence-corrected chi connectivity index (χ0v) is 18.7. The molecule has 6 nitrogen and oxygen atoms in total. The Morgan fingerprint density at radius 2 is 1.93 bits per heavy atom. The van der Waals surface area contributed by atoms with Gasteiger partial charge in [-0.05, 0) is 31.7 Å². The molecule has 150 valence electrons. The zero-order valence-electron chi connectivity index (χ0n) is 16.4. The number of hydrogen-bond acceptors (Lipinski definition) is 4. The molecule has 0 radical (unpaired) electrons. The summed E-state index contributed by atoms with van der Waals surface area (Å²) in [4.78, 5) is 18.4. The monoisotopic (exact) mass is 487 g/mol. The van der Waals surface area contributed by atoms with Crippen molar-refractivity contribution in [3.63, 3.8) is 0 Å². The van der Waals surface area contributed by atoms with Crippen LogP contribution in [0.2, 0.25) is 0 Å². The Morgan fingerprint density at radius 1 is 1.26 bits per heavy atom. The maximum Gasteiger partial charge on any atom is 0.308 e. The molecule has 1 heterocycles. The molecule has 2 aliphatic rings. The summed E-state index contributed by atoms with van der Waals surface area (Å²) in [6, 6.07) is 8.28. The van der Waals surface area contributed by atoms with Gasteiger partial charge in [-0.15, -0.1) is 24.0 Å². The first kappa shape index (κ1) is 21.8. The SMILES string of the molecule is CN=C(NCC1(c2ccccc2OC)CC1)N1CCC(C(=O)OC)CC1.I. The second-order valence-electron chi connectivity index (χ2n) is 7.17. The molecule has 0 unspecified atom stereocenters. The minimum atomic E-state index is -0.0966. The van der Waals surface area contributed by atoms with Crippen molar-refractivity contribution >= 4 is 35.9 Å². The third-order valence-electron chi connectivity index (χ3n) is 5.66. The second-order valence-corrected chi connectivity index (χ2v) is 7.17. The lowest BCUT2D eigenvalue weighted by Gasteiger charge is -2.34. The van der Waals surface area contributed by atoms with Crippen LogP contribution >= 0.6 is 24.0 Å². The molecule has 1 aliphatic carbocycles. The average molecular weight is 487 g/mol. The van der Waals surface area contributed by atoms with Crippen molar-refractivity contribution in [2.75, 3.05) is 40.9 Å². The molecule has 27 heavy (non-hydrogen) atoms. The maximum absolute atomic E-state index is 11.7. The van der Waals surface area contributed by atoms with Gasteiger partial charge in [0.15, 0.2) is 5.96 Å². The molecule has 0 amide bonds. The third kappa shape index (κ3) is 4.86. The summed E-state index contributed by atoms with van der Waals surface area (Å²) in [5, 5.41) is 3.55. The van der Waals surface area contributed by atoms with E-state index in [4.69, 9.17) is 9.47 Å². The van der Waals surface area contributed by atoms with Crippen molar-refractivity contribution in [2.24, 2.45) is 10.9 Å². The van der Waals surface area contributed by atoms with Gasteiger partial charge in [-0.3, -0.25) is 9.79 Å². The van der Waals surface area contributed by atoms with Crippen LogP contribution in [0.3, 0.4) is 0 Å². The van der Waals surface area contributed by atoms with Crippen LogP contribution < -0.4 is 10.1 Å². The van der Waals surface area contributed by atoms with Gasteiger partial charge in [0.25, 0.3) is 0 Å². The van der Waals surface area contributed by atoms with Crippen LogP contribution in [-0.4, -0.2) is 57.7 Å². The number of ether oxygens (including phenoxy) is 2. The number of aliphatic imine (C=N–C) groups is 1. The van der Waals surface area contributed by atoms with Crippen molar-refractivity contribution in [3.05, 3.63) is 29.8 Å². The van der Waals surface area contributed by atoms with Gasteiger partial charge in [0.1, 0.15) is 5.75 Å². The maximum atomic E-state index is 11.7. The number of rotatable bonds is 5. The Hall–Kier alpha value is -1.51. The molecule has 1 saturated heterocycles. The Kier molecular flexibility index (Phi) is 7.76. The fourth-order valence-corrected chi connectivity index (χ4v) is 3.85. The van der Waals surface area contributed by atoms with E-state index in [0.717, 1.165) is 57.0 Å². The molecule has 0 spiro atoms. The van der Waals surface area contributed by atoms with E-state index in [1.54, 1.807) is 7.11 Å². The Morgan fingerprint density at radius 3 is 2.48 bits per heavy atom. The summed E-state index contributed by atoms with van der Waals surface area (Å²) >= 11 is 0. The molecule has 2 fully saturated rings. The molecule has 0 atom stereocenters. The highest BCUT2D eigenvalue weighted by Crippen LogP contribution is 2.50. The van der Waals surface area contributed by atoms with Crippen molar-refractivity contribution in [1.29, 1.82) is 0 Å². The number of methoxy groups -OCH3 is 2. The Balaban J connectivity index is 0.00000261. The fraction of sp³-hybridized carbons (Fsp3) is 0.600. The number of halogens is 1. The van der Waals surface area contributed by atoms with Crippen molar-refractivity contribution in [1.82, 2.24) is 10.2 Å². The second kappa shape index (κ2) is 9.61. The van der Waals surface area contributed by atoms with E-state index in [1.807, 2.05) is 19.2 Å². The van der Waals surface area contributed by atoms with E-state index < -0.39 is 0 Å². The van der Waals surface area contributed by atoms with Crippen molar-refractivity contribution in [3.8, 4) is 5.75 Å². The minimum absolute atomic E-state index is 0. The predicted octanol–water partition coefficient (Wildman–Crippen LogP) is 2.81. The topological polar surface area (TPSA) is 63.2 Å². The number of likely N-dealkylation sites (tertiary alicyclic amines) is 1. The van der Waals surface area contributed by atoms with Gasteiger partial charge in [0, 0.05) is 37.7 Å². The first-order chi connectivity index (χ1) is 12.6. The van der Waals surface area contributed by atoms with Crippen LogP contribution in [0.15, 0.2) is 29.3 Å². The number of guanidine groups is 1. The summed E-state index contributed by atoms with van der Waals surface area (Å²) in [7, 11) is 5.01. The van der Waals surface area contributed by atoms with E-state index in [9.17, 15) is 4.79 Å². The van der Waals surface area contributed by atoms with Crippen molar-refractivity contribution in [2.45, 2.75) is 31.1 Å². The molecule has 1 N–H and O–H groups in total. The summed E-state index contributed by atoms with van der Waals surface area (Å²) in [5.74, 6) is 1.79. The molecule has 1 aromatic carbocycles. The van der Waals surface area contributed by atoms with Crippen LogP contribution in [0.25, 0.3) is 0 Å². The van der Waals surface area contributed by atoms with Crippen LogP contribution in [0, 0.1) is 5.92 Å². The smallest absolute Gasteiger partial charge is 0.308 e. The first-order valence-electron chi connectivity index (χ1n) is 9.30. The Bertz CT molecular complexity index is 668. The number of benzene rings is 1. The highest BCUT2D eigenvalue weighted by Gasteiger charge is 2.46. The highest BCUT2D eigenvalue weighted by atomic mass is 127. The molecule has 3 rings (SSSR count). The lowest BCUT2D eigenvalue weighted by molar-refractivity contribution is -0.146. The fourth-order valence-electron chi connectivity index (χ4n) is 3.85. The first-order valence-corrected chi connectivity index (χ1v) is 9.30. The highest BCUT2D eigenvalue weighted by molar-refractivity contribution is 14.0. The van der Waals surface area contributed by atoms with Gasteiger partial charge in [-0.2, -0.15) is 0 Å². The molecule has 0 bridgehead atoms. The van der Waals surface area contributed by atoms with Gasteiger partial charge in [-0.25, -0.2) is 0 Å². The van der Waals surface area contributed by atoms with Crippen LogP contribution in [0.5, 0.6) is 5.75 Å². The van der Waals surface area contributed by atoms with Crippen molar-refractivity contribution < 1.29 is 14.3 Å². The number of nitrogens with zero attached hydrogens (tertiary/aromatic N) is 2. The molecule has 1 aromatic rings. The number of carbonyl (C=O) groups is 1. The molecule has 7 heteroatoms. The number of esters is 1. The summed E-state index contributed by atoms with van der Waals surface area (Å²) in [6.45, 7) is 2.49. The van der Waals surface area contributed by atoms with Gasteiger partial charge >= 0.3 is 5.97 Å². The summed E-state index contributed by atoms with van der Waals surface area (Å²) < 4.78 is 10.4. The molecular weight excluding hydrogens is 457 g/mol. The quantitative estimate of drug-likeness (QED) is 0.300. The van der Waals surface area contributed by atoms with E-state index in [1.165, 1.54) is 12.7 Å². The van der Waals surface area contributed by atoms with Gasteiger partial charge in [-0.1, -0.05) is 18.2 Å². The van der Waals surface area contributed by atoms with E-state index in [-0.39, 0.29) is 41.3 Å². The van der Waals surface area contributed by atoms with Crippen LogP contribution in [-0.2, 0) is 14.9 Å². The van der Waals surface area contributed by atoms with Gasteiger partial charge in [0.2, 0.25) is 0 Å². The third-order valence-corrected chi connectivity index (χ3v) is 5.66. The molecule has 1 saturated carbocycles. The molecule has 1 aliphatic heterocycles. The lowest BCUT2D eigenvalue weighted by Crippen LogP contribution is -2.48. The number of para-hydroxylation sites is 1. The predicted molar refractivity (Wildman–Crippen MR) is 117 cm³/mol. The molecule has 0 aromatic heterocycles. The minimum Gasteiger partial charge on any atom is -0.496 e. The Labute approximate surface area is 178 Å². The molecular formula is C20H30IN3O3. The van der Waals surface area contributed by atoms with E-state index in [2.05, 4.69) is 27.3 Å². The zero-order chi connectivity index (χ0) is 18.6. The standard InChI is InChI=1S/C20H29N3O3.HI/c1-21-19(23-12-8-15(9-13-23)18(24)26-3)22-14-20(10-11-20)16-6-4-5-7-17(16)25-2;/h4-7,15H,8-14H2,1-3H3,(H,21,22);1H. The van der Waals surface area contributed by atoms with Crippen LogP contribution in [0.4, 0.5) is 0 Å². The summed E-state index contributed by atoms with van der Waals surface area (Å²) in [6.07, 6.45) is 3.93.